The minimum atomic E-state index is -4.30. The molecule has 0 saturated carbocycles. The second-order valence-corrected chi connectivity index (χ2v) is 6.05. The molecule has 3 rings (SSSR count). The van der Waals surface area contributed by atoms with Crippen LogP contribution in [0.2, 0.25) is 0 Å². The number of hydrogen-bond donors (Lipinski definition) is 1. The topological polar surface area (TPSA) is 47.0 Å². The monoisotopic (exact) mass is 353 g/mol. The number of hydrogen-bond acceptors (Lipinski definition) is 5. The summed E-state index contributed by atoms with van der Waals surface area (Å²) in [5.41, 5.74) is 2.60. The molecule has 0 aliphatic heterocycles. The predicted molar refractivity (Wildman–Crippen MR) is 86.9 cm³/mol. The van der Waals surface area contributed by atoms with Crippen molar-refractivity contribution >= 4 is 27.4 Å². The van der Waals surface area contributed by atoms with E-state index in [1.807, 2.05) is 23.6 Å². The molecule has 0 aliphatic rings. The van der Waals surface area contributed by atoms with Gasteiger partial charge >= 0.3 is 6.18 Å². The van der Waals surface area contributed by atoms with E-state index in [-0.39, 0.29) is 6.61 Å². The van der Waals surface area contributed by atoms with Gasteiger partial charge in [-0.3, -0.25) is 0 Å². The predicted octanol–water partition coefficient (Wildman–Crippen LogP) is 4.38. The summed E-state index contributed by atoms with van der Waals surface area (Å²) in [7, 11) is 0. The van der Waals surface area contributed by atoms with Crippen LogP contribution in [-0.4, -0.2) is 22.8 Å². The first-order chi connectivity index (χ1) is 11.5. The maximum Gasteiger partial charge on any atom is 0.411 e. The van der Waals surface area contributed by atoms with Crippen LogP contribution in [0.4, 0.5) is 19.0 Å². The molecule has 0 aliphatic carbocycles. The second-order valence-electron chi connectivity index (χ2n) is 5.14. The van der Waals surface area contributed by atoms with Crippen molar-refractivity contribution in [3.63, 3.8) is 0 Å². The lowest BCUT2D eigenvalue weighted by atomic mass is 10.1. The van der Waals surface area contributed by atoms with E-state index in [0.29, 0.717) is 12.1 Å². The Labute approximate surface area is 140 Å². The van der Waals surface area contributed by atoms with Crippen LogP contribution in [0, 0.1) is 0 Å². The third-order valence-electron chi connectivity index (χ3n) is 3.26. The summed E-state index contributed by atoms with van der Waals surface area (Å²) < 4.78 is 41.7. The molecule has 0 unspecified atom stereocenters. The van der Waals surface area contributed by atoms with Gasteiger partial charge in [0.1, 0.15) is 18.8 Å². The summed E-state index contributed by atoms with van der Waals surface area (Å²) in [6.07, 6.45) is -2.78. The van der Waals surface area contributed by atoms with E-state index < -0.39 is 12.8 Å². The van der Waals surface area contributed by atoms with Crippen LogP contribution < -0.4 is 5.32 Å². The number of benzene rings is 1. The van der Waals surface area contributed by atoms with Gasteiger partial charge in [0.25, 0.3) is 0 Å². The summed E-state index contributed by atoms with van der Waals surface area (Å²) in [4.78, 5) is 8.42. The van der Waals surface area contributed by atoms with Crippen LogP contribution in [0.25, 0.3) is 10.2 Å². The molecule has 24 heavy (non-hydrogen) atoms. The van der Waals surface area contributed by atoms with E-state index in [1.165, 1.54) is 6.33 Å². The zero-order valence-electron chi connectivity index (χ0n) is 12.5. The number of rotatable bonds is 6. The Kier molecular flexibility index (Phi) is 4.96. The Morgan fingerprint density at radius 3 is 2.54 bits per heavy atom. The van der Waals surface area contributed by atoms with Gasteiger partial charge in [-0.2, -0.15) is 13.2 Å². The highest BCUT2D eigenvalue weighted by Crippen LogP contribution is 2.25. The van der Waals surface area contributed by atoms with Crippen molar-refractivity contribution in [2.24, 2.45) is 0 Å². The van der Waals surface area contributed by atoms with Crippen LogP contribution >= 0.6 is 11.3 Å². The number of anilines is 1. The molecule has 1 aromatic carbocycles. The summed E-state index contributed by atoms with van der Waals surface area (Å²) >= 11 is 1.57. The number of fused-ring (bicyclic) bond motifs is 1. The lowest BCUT2D eigenvalue weighted by Crippen LogP contribution is -2.16. The van der Waals surface area contributed by atoms with Crippen LogP contribution in [0.3, 0.4) is 0 Å². The Balaban J connectivity index is 1.55. The van der Waals surface area contributed by atoms with Gasteiger partial charge in [0.2, 0.25) is 0 Å². The third-order valence-corrected chi connectivity index (χ3v) is 4.17. The van der Waals surface area contributed by atoms with Crippen molar-refractivity contribution in [2.75, 3.05) is 11.9 Å². The molecule has 8 heteroatoms. The van der Waals surface area contributed by atoms with Crippen molar-refractivity contribution in [1.82, 2.24) is 9.97 Å². The van der Waals surface area contributed by atoms with E-state index in [2.05, 4.69) is 20.0 Å². The molecular weight excluding hydrogens is 339 g/mol. The SMILES string of the molecule is FC(F)(F)COCc1ccc(CNc2ncnc3ccsc23)cc1. The molecule has 2 heterocycles. The Hall–Kier alpha value is -2.19. The van der Waals surface area contributed by atoms with Gasteiger partial charge in [-0.05, 0) is 22.6 Å². The molecule has 126 valence electrons. The molecular formula is C16H14F3N3OS. The number of nitrogens with one attached hydrogen (secondary N) is 1. The molecule has 0 amide bonds. The second kappa shape index (κ2) is 7.14. The van der Waals surface area contributed by atoms with Crippen LogP contribution in [0.5, 0.6) is 0 Å². The smallest absolute Gasteiger partial charge is 0.367 e. The summed E-state index contributed by atoms with van der Waals surface area (Å²) in [6, 6.07) is 9.16. The maximum absolute atomic E-state index is 12.0. The number of alkyl halides is 3. The zero-order chi connectivity index (χ0) is 17.0. The number of ether oxygens (including phenoxy) is 1. The summed E-state index contributed by atoms with van der Waals surface area (Å²) in [5.74, 6) is 0.771. The Bertz CT molecular complexity index is 802. The zero-order valence-corrected chi connectivity index (χ0v) is 13.3. The maximum atomic E-state index is 12.0. The fourth-order valence-corrected chi connectivity index (χ4v) is 2.95. The van der Waals surface area contributed by atoms with Gasteiger partial charge < -0.3 is 10.1 Å². The minimum Gasteiger partial charge on any atom is -0.367 e. The van der Waals surface area contributed by atoms with Crippen molar-refractivity contribution in [3.05, 3.63) is 53.2 Å². The minimum absolute atomic E-state index is 0.0606. The number of aromatic nitrogens is 2. The molecule has 0 fully saturated rings. The number of nitrogens with zero attached hydrogens (tertiary/aromatic N) is 2. The summed E-state index contributed by atoms with van der Waals surface area (Å²) in [5, 5.41) is 5.21. The molecule has 1 N–H and O–H groups in total. The van der Waals surface area contributed by atoms with E-state index >= 15 is 0 Å². The highest BCUT2D eigenvalue weighted by molar-refractivity contribution is 7.17. The van der Waals surface area contributed by atoms with E-state index in [1.54, 1.807) is 23.5 Å². The summed E-state index contributed by atoms with van der Waals surface area (Å²) in [6.45, 7) is -0.733. The van der Waals surface area contributed by atoms with Gasteiger partial charge in [0.15, 0.2) is 0 Å². The molecule has 4 nitrogen and oxygen atoms in total. The lowest BCUT2D eigenvalue weighted by Gasteiger charge is -2.09. The van der Waals surface area contributed by atoms with E-state index in [4.69, 9.17) is 0 Å². The normalized spacial score (nSPS) is 11.8. The largest absolute Gasteiger partial charge is 0.411 e. The van der Waals surface area contributed by atoms with Crippen molar-refractivity contribution in [3.8, 4) is 0 Å². The van der Waals surface area contributed by atoms with Crippen LogP contribution in [-0.2, 0) is 17.9 Å². The van der Waals surface area contributed by atoms with Crippen LogP contribution in [0.15, 0.2) is 42.0 Å². The van der Waals surface area contributed by atoms with Gasteiger partial charge in [0.05, 0.1) is 16.8 Å². The lowest BCUT2D eigenvalue weighted by molar-refractivity contribution is -0.176. The average Bonchev–Trinajstić information content (AvgIpc) is 3.02. The van der Waals surface area contributed by atoms with E-state index in [9.17, 15) is 13.2 Å². The van der Waals surface area contributed by atoms with E-state index in [0.717, 1.165) is 21.6 Å². The van der Waals surface area contributed by atoms with Crippen molar-refractivity contribution in [1.29, 1.82) is 0 Å². The van der Waals surface area contributed by atoms with Gasteiger partial charge in [0, 0.05) is 6.54 Å². The standard InChI is InChI=1S/C16H14F3N3OS/c17-16(18,19)9-23-8-12-3-1-11(2-4-12)7-20-15-14-13(5-6-24-14)21-10-22-15/h1-6,10H,7-9H2,(H,20,21,22). The van der Waals surface area contributed by atoms with Crippen molar-refractivity contribution < 1.29 is 17.9 Å². The van der Waals surface area contributed by atoms with Gasteiger partial charge in [-0.15, -0.1) is 11.3 Å². The average molecular weight is 353 g/mol. The molecule has 0 atom stereocenters. The molecule has 2 aromatic heterocycles. The highest BCUT2D eigenvalue weighted by atomic mass is 32.1. The van der Waals surface area contributed by atoms with Crippen LogP contribution in [0.1, 0.15) is 11.1 Å². The van der Waals surface area contributed by atoms with Crippen molar-refractivity contribution in [2.45, 2.75) is 19.3 Å². The fraction of sp³-hybridized carbons (Fsp3) is 0.250. The Morgan fingerprint density at radius 2 is 1.79 bits per heavy atom. The fourth-order valence-electron chi connectivity index (χ4n) is 2.14. The first kappa shape index (κ1) is 16.7. The molecule has 3 aromatic rings. The molecule has 0 spiro atoms. The number of halogens is 3. The van der Waals surface area contributed by atoms with Gasteiger partial charge in [-0.25, -0.2) is 9.97 Å². The molecule has 0 radical (unpaired) electrons. The third kappa shape index (κ3) is 4.42. The first-order valence-electron chi connectivity index (χ1n) is 7.16. The first-order valence-corrected chi connectivity index (χ1v) is 8.03. The molecule has 0 saturated heterocycles. The quantitative estimate of drug-likeness (QED) is 0.714. The Morgan fingerprint density at radius 1 is 1.04 bits per heavy atom. The highest BCUT2D eigenvalue weighted by Gasteiger charge is 2.27. The van der Waals surface area contributed by atoms with Gasteiger partial charge in [-0.1, -0.05) is 24.3 Å². The number of thiophene rings is 1. The molecule has 0 bridgehead atoms.